The minimum Gasteiger partial charge on any atom is -0.399 e. The van der Waals surface area contributed by atoms with Gasteiger partial charge in [-0.15, -0.1) is 0 Å². The molecule has 1 aliphatic carbocycles. The zero-order valence-electron chi connectivity index (χ0n) is 10.6. The van der Waals surface area contributed by atoms with Crippen molar-refractivity contribution in [2.24, 2.45) is 17.8 Å². The van der Waals surface area contributed by atoms with E-state index in [2.05, 4.69) is 13.0 Å². The largest absolute Gasteiger partial charge is 0.399 e. The fourth-order valence-corrected chi connectivity index (χ4v) is 2.77. The monoisotopic (exact) mass is 233 g/mol. The summed E-state index contributed by atoms with van der Waals surface area (Å²) in [4.78, 5) is 0. The molecular weight excluding hydrogens is 210 g/mol. The van der Waals surface area contributed by atoms with Crippen molar-refractivity contribution in [2.45, 2.75) is 32.6 Å². The Kier molecular flexibility index (Phi) is 4.06. The van der Waals surface area contributed by atoms with Crippen molar-refractivity contribution < 1.29 is 5.11 Å². The number of para-hydroxylation sites is 1. The molecule has 1 aliphatic rings. The summed E-state index contributed by atoms with van der Waals surface area (Å²) in [6.07, 6.45) is 4.75. The van der Waals surface area contributed by atoms with Crippen LogP contribution in [0.2, 0.25) is 0 Å². The summed E-state index contributed by atoms with van der Waals surface area (Å²) in [5.41, 5.74) is 7.98. The highest BCUT2D eigenvalue weighted by Crippen LogP contribution is 2.38. The molecule has 0 amide bonds. The van der Waals surface area contributed by atoms with Crippen LogP contribution in [0.4, 0.5) is 5.69 Å². The predicted octanol–water partition coefficient (Wildman–Crippen LogP) is 2.86. The van der Waals surface area contributed by atoms with Crippen molar-refractivity contribution in [3.05, 3.63) is 29.8 Å². The Morgan fingerprint density at radius 3 is 2.65 bits per heavy atom. The van der Waals surface area contributed by atoms with Gasteiger partial charge >= 0.3 is 0 Å². The van der Waals surface area contributed by atoms with E-state index in [0.717, 1.165) is 30.4 Å². The molecule has 1 aromatic rings. The SMILES string of the molecule is CC1CCC1CC(CO)Cc1ccccc1N. The molecule has 0 bridgehead atoms. The lowest BCUT2D eigenvalue weighted by molar-refractivity contribution is 0.124. The Balaban J connectivity index is 1.93. The number of aliphatic hydroxyl groups is 1. The maximum absolute atomic E-state index is 9.49. The van der Waals surface area contributed by atoms with Gasteiger partial charge in [-0.25, -0.2) is 0 Å². The summed E-state index contributed by atoms with van der Waals surface area (Å²) < 4.78 is 0. The second kappa shape index (κ2) is 5.54. The van der Waals surface area contributed by atoms with E-state index in [1.54, 1.807) is 0 Å². The van der Waals surface area contributed by atoms with Crippen LogP contribution in [0.1, 0.15) is 31.7 Å². The fourth-order valence-electron chi connectivity index (χ4n) is 2.77. The van der Waals surface area contributed by atoms with E-state index >= 15 is 0 Å². The third-order valence-corrected chi connectivity index (χ3v) is 4.26. The molecule has 0 aliphatic heterocycles. The molecule has 3 atom stereocenters. The Bertz CT molecular complexity index is 364. The number of rotatable bonds is 5. The fraction of sp³-hybridized carbons (Fsp3) is 0.600. The second-order valence-electron chi connectivity index (χ2n) is 5.50. The quantitative estimate of drug-likeness (QED) is 0.768. The molecule has 0 radical (unpaired) electrons. The molecule has 3 N–H and O–H groups in total. The Hall–Kier alpha value is -1.02. The summed E-state index contributed by atoms with van der Waals surface area (Å²) in [6, 6.07) is 7.99. The van der Waals surface area contributed by atoms with E-state index in [4.69, 9.17) is 5.73 Å². The number of nitrogens with two attached hydrogens (primary N) is 1. The molecule has 2 nitrogen and oxygen atoms in total. The molecule has 0 heterocycles. The molecule has 1 saturated carbocycles. The van der Waals surface area contributed by atoms with E-state index in [-0.39, 0.29) is 6.61 Å². The van der Waals surface area contributed by atoms with Crippen molar-refractivity contribution in [3.8, 4) is 0 Å². The lowest BCUT2D eigenvalue weighted by atomic mass is 9.70. The normalized spacial score (nSPS) is 25.3. The lowest BCUT2D eigenvalue weighted by Gasteiger charge is -2.36. The van der Waals surface area contributed by atoms with E-state index in [1.165, 1.54) is 18.4 Å². The van der Waals surface area contributed by atoms with Crippen LogP contribution in [-0.2, 0) is 6.42 Å². The van der Waals surface area contributed by atoms with Crippen LogP contribution in [-0.4, -0.2) is 11.7 Å². The van der Waals surface area contributed by atoms with Crippen LogP contribution < -0.4 is 5.73 Å². The molecule has 1 aromatic carbocycles. The third-order valence-electron chi connectivity index (χ3n) is 4.26. The van der Waals surface area contributed by atoms with Gasteiger partial charge in [0, 0.05) is 12.3 Å². The maximum atomic E-state index is 9.49. The van der Waals surface area contributed by atoms with E-state index in [1.807, 2.05) is 18.2 Å². The minimum atomic E-state index is 0.275. The van der Waals surface area contributed by atoms with Crippen molar-refractivity contribution in [3.63, 3.8) is 0 Å². The number of nitrogen functional groups attached to an aromatic ring is 1. The van der Waals surface area contributed by atoms with E-state index < -0.39 is 0 Å². The zero-order valence-corrected chi connectivity index (χ0v) is 10.6. The topological polar surface area (TPSA) is 46.2 Å². The number of hydrogen-bond acceptors (Lipinski definition) is 2. The highest BCUT2D eigenvalue weighted by atomic mass is 16.3. The second-order valence-corrected chi connectivity index (χ2v) is 5.50. The first kappa shape index (κ1) is 12.4. The Morgan fingerprint density at radius 2 is 2.12 bits per heavy atom. The molecule has 1 fully saturated rings. The molecule has 2 heteroatoms. The van der Waals surface area contributed by atoms with Gasteiger partial charge < -0.3 is 10.8 Å². The highest BCUT2D eigenvalue weighted by Gasteiger charge is 2.29. The predicted molar refractivity (Wildman–Crippen MR) is 71.6 cm³/mol. The van der Waals surface area contributed by atoms with Crippen LogP contribution in [0.3, 0.4) is 0 Å². The summed E-state index contributed by atoms with van der Waals surface area (Å²) in [5.74, 6) is 2.03. The van der Waals surface area contributed by atoms with Crippen molar-refractivity contribution in [1.29, 1.82) is 0 Å². The van der Waals surface area contributed by atoms with Gasteiger partial charge in [0.15, 0.2) is 0 Å². The number of benzene rings is 1. The standard InChI is InChI=1S/C15H23NO/c1-11-6-7-13(11)8-12(10-17)9-14-4-2-3-5-15(14)16/h2-5,11-13,17H,6-10,16H2,1H3. The first-order chi connectivity index (χ1) is 8.20. The Morgan fingerprint density at radius 1 is 1.35 bits per heavy atom. The first-order valence-electron chi connectivity index (χ1n) is 6.65. The summed E-state index contributed by atoms with van der Waals surface area (Å²) >= 11 is 0. The molecule has 0 aromatic heterocycles. The van der Waals surface area contributed by atoms with Gasteiger partial charge in [-0.1, -0.05) is 31.5 Å². The van der Waals surface area contributed by atoms with Crippen LogP contribution in [0.25, 0.3) is 0 Å². The first-order valence-corrected chi connectivity index (χ1v) is 6.65. The van der Waals surface area contributed by atoms with E-state index in [9.17, 15) is 5.11 Å². The third kappa shape index (κ3) is 3.01. The van der Waals surface area contributed by atoms with Gasteiger partial charge in [0.25, 0.3) is 0 Å². The summed E-state index contributed by atoms with van der Waals surface area (Å²) in [5, 5.41) is 9.49. The van der Waals surface area contributed by atoms with Gasteiger partial charge in [-0.2, -0.15) is 0 Å². The lowest BCUT2D eigenvalue weighted by Crippen LogP contribution is -2.27. The Labute approximate surface area is 104 Å². The zero-order chi connectivity index (χ0) is 12.3. The number of aliphatic hydroxyl groups excluding tert-OH is 1. The van der Waals surface area contributed by atoms with Crippen molar-refractivity contribution in [2.75, 3.05) is 12.3 Å². The van der Waals surface area contributed by atoms with Gasteiger partial charge in [0.1, 0.15) is 0 Å². The van der Waals surface area contributed by atoms with Gasteiger partial charge in [0.2, 0.25) is 0 Å². The van der Waals surface area contributed by atoms with Crippen molar-refractivity contribution >= 4 is 5.69 Å². The minimum absolute atomic E-state index is 0.275. The highest BCUT2D eigenvalue weighted by molar-refractivity contribution is 5.46. The average molecular weight is 233 g/mol. The molecule has 17 heavy (non-hydrogen) atoms. The van der Waals surface area contributed by atoms with Crippen LogP contribution in [0.5, 0.6) is 0 Å². The van der Waals surface area contributed by atoms with E-state index in [0.29, 0.717) is 5.92 Å². The molecule has 0 saturated heterocycles. The van der Waals surface area contributed by atoms with Crippen LogP contribution in [0.15, 0.2) is 24.3 Å². The summed E-state index contributed by atoms with van der Waals surface area (Å²) in [6.45, 7) is 2.59. The van der Waals surface area contributed by atoms with Gasteiger partial charge in [-0.3, -0.25) is 0 Å². The van der Waals surface area contributed by atoms with Gasteiger partial charge in [-0.05, 0) is 48.6 Å². The molecule has 2 rings (SSSR count). The van der Waals surface area contributed by atoms with Crippen LogP contribution >= 0.6 is 0 Å². The molecule has 0 spiro atoms. The molecule has 94 valence electrons. The van der Waals surface area contributed by atoms with Crippen molar-refractivity contribution in [1.82, 2.24) is 0 Å². The van der Waals surface area contributed by atoms with Gasteiger partial charge in [0.05, 0.1) is 0 Å². The molecular formula is C15H23NO. The van der Waals surface area contributed by atoms with Crippen LogP contribution in [0, 0.1) is 17.8 Å². The smallest absolute Gasteiger partial charge is 0.0462 e. The maximum Gasteiger partial charge on any atom is 0.0462 e. The number of anilines is 1. The molecule has 3 unspecified atom stereocenters. The average Bonchev–Trinajstić information content (AvgIpc) is 2.34. The number of hydrogen-bond donors (Lipinski definition) is 2. The summed E-state index contributed by atoms with van der Waals surface area (Å²) in [7, 11) is 0.